The van der Waals surface area contributed by atoms with Gasteiger partial charge in [0.1, 0.15) is 5.82 Å². The maximum Gasteiger partial charge on any atom is 0.230 e. The molecule has 0 N–H and O–H groups in total. The number of nitrogens with zero attached hydrogens (tertiary/aromatic N) is 7. The maximum absolute atomic E-state index is 5.55. The Hall–Kier alpha value is -3.78. The third-order valence-corrected chi connectivity index (χ3v) is 6.45. The van der Waals surface area contributed by atoms with Crippen molar-refractivity contribution < 1.29 is 4.74 Å². The van der Waals surface area contributed by atoms with E-state index in [1.165, 1.54) is 10.8 Å². The number of piperazine rings is 1. The van der Waals surface area contributed by atoms with Gasteiger partial charge < -0.3 is 19.4 Å². The van der Waals surface area contributed by atoms with Crippen LogP contribution in [0.2, 0.25) is 0 Å². The Morgan fingerprint density at radius 1 is 0.618 bits per heavy atom. The number of hydrogen-bond acceptors (Lipinski definition) is 8. The number of aromatic nitrogens is 4. The van der Waals surface area contributed by atoms with Gasteiger partial charge in [0, 0.05) is 51.0 Å². The standard InChI is InChI=1S/C26H27N7O/c1-2-6-21-19-22(9-8-20(21)5-1)24-28-25(30-26(29-24)33-15-17-34-18-16-33)32-13-11-31(12-14-32)23-7-3-4-10-27-23/h1-10,19H,11-18H2. The van der Waals surface area contributed by atoms with Crippen LogP contribution in [0.5, 0.6) is 0 Å². The molecule has 0 spiro atoms. The van der Waals surface area contributed by atoms with Crippen LogP contribution in [0, 0.1) is 0 Å². The molecule has 172 valence electrons. The molecule has 2 aliphatic heterocycles. The zero-order chi connectivity index (χ0) is 22.7. The predicted octanol–water partition coefficient (Wildman–Crippen LogP) is 3.25. The van der Waals surface area contributed by atoms with Gasteiger partial charge in [-0.3, -0.25) is 0 Å². The van der Waals surface area contributed by atoms with Gasteiger partial charge in [0.2, 0.25) is 11.9 Å². The highest BCUT2D eigenvalue weighted by atomic mass is 16.5. The Kier molecular flexibility index (Phi) is 5.64. The predicted molar refractivity (Wildman–Crippen MR) is 134 cm³/mol. The number of benzene rings is 2. The fourth-order valence-electron chi connectivity index (χ4n) is 4.53. The van der Waals surface area contributed by atoms with Crippen molar-refractivity contribution in [2.75, 3.05) is 67.2 Å². The summed E-state index contributed by atoms with van der Waals surface area (Å²) < 4.78 is 5.55. The second-order valence-corrected chi connectivity index (χ2v) is 8.58. The van der Waals surface area contributed by atoms with Crippen molar-refractivity contribution in [2.24, 2.45) is 0 Å². The smallest absolute Gasteiger partial charge is 0.230 e. The number of ether oxygens (including phenoxy) is 1. The Morgan fingerprint density at radius 3 is 2.03 bits per heavy atom. The minimum atomic E-state index is 0.690. The van der Waals surface area contributed by atoms with Crippen LogP contribution >= 0.6 is 0 Å². The van der Waals surface area contributed by atoms with Crippen molar-refractivity contribution >= 4 is 28.5 Å². The number of fused-ring (bicyclic) bond motifs is 1. The van der Waals surface area contributed by atoms with Gasteiger partial charge in [-0.25, -0.2) is 4.98 Å². The summed E-state index contributed by atoms with van der Waals surface area (Å²) >= 11 is 0. The van der Waals surface area contributed by atoms with Gasteiger partial charge in [-0.05, 0) is 29.0 Å². The molecule has 0 aliphatic carbocycles. The SMILES string of the molecule is c1ccc(N2CCN(c3nc(-c4ccc5ccccc5c4)nc(N4CCOCC4)n3)CC2)nc1. The lowest BCUT2D eigenvalue weighted by Crippen LogP contribution is -2.47. The van der Waals surface area contributed by atoms with Crippen molar-refractivity contribution in [1.29, 1.82) is 0 Å². The molecule has 8 nitrogen and oxygen atoms in total. The van der Waals surface area contributed by atoms with Crippen LogP contribution < -0.4 is 14.7 Å². The zero-order valence-electron chi connectivity index (χ0n) is 19.0. The van der Waals surface area contributed by atoms with E-state index in [9.17, 15) is 0 Å². The molecule has 2 aromatic carbocycles. The average molecular weight is 454 g/mol. The van der Waals surface area contributed by atoms with Gasteiger partial charge in [-0.2, -0.15) is 15.0 Å². The second kappa shape index (κ2) is 9.23. The number of anilines is 3. The first-order valence-corrected chi connectivity index (χ1v) is 11.8. The molecule has 0 radical (unpaired) electrons. The summed E-state index contributed by atoms with van der Waals surface area (Å²) in [7, 11) is 0. The first-order chi connectivity index (χ1) is 16.8. The van der Waals surface area contributed by atoms with Crippen LogP contribution in [-0.2, 0) is 4.74 Å². The molecule has 2 aliphatic rings. The molecule has 0 amide bonds. The van der Waals surface area contributed by atoms with E-state index in [2.05, 4.69) is 68.2 Å². The lowest BCUT2D eigenvalue weighted by molar-refractivity contribution is 0.122. The Labute approximate surface area is 198 Å². The highest BCUT2D eigenvalue weighted by Gasteiger charge is 2.23. The highest BCUT2D eigenvalue weighted by Crippen LogP contribution is 2.26. The van der Waals surface area contributed by atoms with Crippen LogP contribution in [0.1, 0.15) is 0 Å². The second-order valence-electron chi connectivity index (χ2n) is 8.58. The summed E-state index contributed by atoms with van der Waals surface area (Å²) in [5.74, 6) is 3.19. The number of hydrogen-bond donors (Lipinski definition) is 0. The van der Waals surface area contributed by atoms with E-state index >= 15 is 0 Å². The minimum absolute atomic E-state index is 0.690. The molecule has 0 atom stereocenters. The van der Waals surface area contributed by atoms with E-state index in [-0.39, 0.29) is 0 Å². The molecule has 2 fully saturated rings. The van der Waals surface area contributed by atoms with Crippen LogP contribution in [0.25, 0.3) is 22.2 Å². The molecule has 4 heterocycles. The fraction of sp³-hybridized carbons (Fsp3) is 0.308. The number of morpholine rings is 1. The summed E-state index contributed by atoms with van der Waals surface area (Å²) in [6.45, 7) is 6.37. The molecule has 6 rings (SSSR count). The Morgan fingerprint density at radius 2 is 1.29 bits per heavy atom. The van der Waals surface area contributed by atoms with Crippen LogP contribution in [-0.4, -0.2) is 72.4 Å². The third-order valence-electron chi connectivity index (χ3n) is 6.45. The molecule has 2 saturated heterocycles. The molecular formula is C26H27N7O. The van der Waals surface area contributed by atoms with E-state index in [1.807, 2.05) is 18.3 Å². The van der Waals surface area contributed by atoms with Crippen LogP contribution in [0.3, 0.4) is 0 Å². The van der Waals surface area contributed by atoms with E-state index in [4.69, 9.17) is 19.7 Å². The lowest BCUT2D eigenvalue weighted by atomic mass is 10.1. The van der Waals surface area contributed by atoms with E-state index < -0.39 is 0 Å². The van der Waals surface area contributed by atoms with Crippen molar-refractivity contribution in [3.8, 4) is 11.4 Å². The lowest BCUT2D eigenvalue weighted by Gasteiger charge is -2.36. The Bertz CT molecular complexity index is 1270. The fourth-order valence-corrected chi connectivity index (χ4v) is 4.53. The third kappa shape index (κ3) is 4.24. The molecule has 0 saturated carbocycles. The maximum atomic E-state index is 5.55. The monoisotopic (exact) mass is 453 g/mol. The summed E-state index contributed by atoms with van der Waals surface area (Å²) in [5.41, 5.74) is 1.00. The number of rotatable bonds is 4. The molecule has 0 bridgehead atoms. The van der Waals surface area contributed by atoms with E-state index in [1.54, 1.807) is 0 Å². The summed E-state index contributed by atoms with van der Waals surface area (Å²) in [6, 6.07) is 20.8. The van der Waals surface area contributed by atoms with Gasteiger partial charge >= 0.3 is 0 Å². The molecular weight excluding hydrogens is 426 g/mol. The Balaban J connectivity index is 1.32. The van der Waals surface area contributed by atoms with Crippen molar-refractivity contribution in [3.05, 3.63) is 66.9 Å². The van der Waals surface area contributed by atoms with Crippen LogP contribution in [0.4, 0.5) is 17.7 Å². The topological polar surface area (TPSA) is 70.5 Å². The van der Waals surface area contributed by atoms with Gasteiger partial charge in [0.05, 0.1) is 13.2 Å². The van der Waals surface area contributed by atoms with E-state index in [0.717, 1.165) is 62.5 Å². The average Bonchev–Trinajstić information content (AvgIpc) is 2.93. The molecule has 4 aromatic rings. The molecule has 34 heavy (non-hydrogen) atoms. The van der Waals surface area contributed by atoms with Crippen molar-refractivity contribution in [1.82, 2.24) is 19.9 Å². The van der Waals surface area contributed by atoms with Gasteiger partial charge in [-0.15, -0.1) is 0 Å². The first kappa shape index (κ1) is 20.8. The van der Waals surface area contributed by atoms with Crippen molar-refractivity contribution in [2.45, 2.75) is 0 Å². The van der Waals surface area contributed by atoms with Crippen molar-refractivity contribution in [3.63, 3.8) is 0 Å². The molecule has 0 unspecified atom stereocenters. The summed E-state index contributed by atoms with van der Waals surface area (Å²) in [4.78, 5) is 26.0. The molecule has 2 aromatic heterocycles. The van der Waals surface area contributed by atoms with Gasteiger partial charge in [0.25, 0.3) is 0 Å². The highest BCUT2D eigenvalue weighted by molar-refractivity contribution is 5.86. The normalized spacial score (nSPS) is 16.8. The minimum Gasteiger partial charge on any atom is -0.378 e. The van der Waals surface area contributed by atoms with Gasteiger partial charge in [-0.1, -0.05) is 42.5 Å². The number of pyridine rings is 1. The van der Waals surface area contributed by atoms with E-state index in [0.29, 0.717) is 19.0 Å². The van der Waals surface area contributed by atoms with Crippen LogP contribution in [0.15, 0.2) is 66.9 Å². The quantitative estimate of drug-likeness (QED) is 0.466. The largest absolute Gasteiger partial charge is 0.378 e. The summed E-state index contributed by atoms with van der Waals surface area (Å²) in [6.07, 6.45) is 1.85. The zero-order valence-corrected chi connectivity index (χ0v) is 19.0. The van der Waals surface area contributed by atoms with Gasteiger partial charge in [0.15, 0.2) is 5.82 Å². The summed E-state index contributed by atoms with van der Waals surface area (Å²) in [5, 5.41) is 2.39. The first-order valence-electron chi connectivity index (χ1n) is 11.8. The molecule has 8 heteroatoms.